The second-order valence-electron chi connectivity index (χ2n) is 24.4. The third-order valence-corrected chi connectivity index (χ3v) is 18.6. The Kier molecular flexibility index (Phi) is 26.6. The molecule has 6 aliphatic rings. The van der Waals surface area contributed by atoms with E-state index in [4.69, 9.17) is 98.0 Å². The molecule has 99 heavy (non-hydrogen) atoms. The quantitative estimate of drug-likeness (QED) is 0.0393. The molecular weight excluding hydrogens is 1420 g/mol. The van der Waals surface area contributed by atoms with E-state index in [1.54, 1.807) is 54.6 Å². The van der Waals surface area contributed by atoms with Gasteiger partial charge in [0, 0.05) is 91.8 Å². The number of hydrogen-bond acceptors (Lipinski definition) is 18. The van der Waals surface area contributed by atoms with Gasteiger partial charge in [-0.05, 0) is 147 Å². The molecule has 0 radical (unpaired) electrons. The summed E-state index contributed by atoms with van der Waals surface area (Å²) >= 11 is 34.9. The number of fused-ring (bicyclic) bond motifs is 3. The Bertz CT molecular complexity index is 3480. The lowest BCUT2D eigenvalue weighted by atomic mass is 9.92. The van der Waals surface area contributed by atoms with Gasteiger partial charge in [0.15, 0.2) is 35.7 Å². The van der Waals surface area contributed by atoms with Crippen LogP contribution in [0.25, 0.3) is 0 Å². The third-order valence-electron chi connectivity index (χ3n) is 17.0. The van der Waals surface area contributed by atoms with Gasteiger partial charge in [-0.1, -0.05) is 69.6 Å². The Morgan fingerprint density at radius 2 is 0.657 bits per heavy atom. The molecule has 6 aliphatic heterocycles. The number of ether oxygens (including phenoxy) is 6. The van der Waals surface area contributed by atoms with Crippen molar-refractivity contribution in [1.82, 2.24) is 31.3 Å². The summed E-state index contributed by atoms with van der Waals surface area (Å²) < 4.78 is 73.9. The van der Waals surface area contributed by atoms with Crippen LogP contribution in [0.15, 0.2) is 109 Å². The zero-order chi connectivity index (χ0) is 70.1. The average Bonchev–Trinajstić information content (AvgIpc) is 0.848. The maximum Gasteiger partial charge on any atom is 0.277 e. The van der Waals surface area contributed by atoms with Gasteiger partial charge in [-0.15, -0.1) is 0 Å². The Labute approximate surface area is 599 Å². The number of carbonyl (C=O) groups excluding carboxylic acids is 6. The molecule has 0 aliphatic carbocycles. The van der Waals surface area contributed by atoms with Gasteiger partial charge in [0.05, 0.1) is 51.8 Å². The molecule has 0 aromatic heterocycles. The van der Waals surface area contributed by atoms with E-state index in [0.29, 0.717) is 110 Å². The van der Waals surface area contributed by atoms with Crippen LogP contribution in [0.3, 0.4) is 0 Å². The second-order valence-corrected chi connectivity index (χ2v) is 27.0. The molecule has 6 heterocycles. The van der Waals surface area contributed by atoms with E-state index in [1.165, 1.54) is 36.4 Å². The molecule has 3 fully saturated rings. The van der Waals surface area contributed by atoms with Crippen LogP contribution in [0.5, 0.6) is 34.5 Å². The highest BCUT2D eigenvalue weighted by Crippen LogP contribution is 2.35. The van der Waals surface area contributed by atoms with Gasteiger partial charge in [-0.3, -0.25) is 45.0 Å². The molecule has 21 nitrogen and oxygen atoms in total. The SMILES string of the molecule is O=C(COc1ccc(Cl)c(F)c1)CC1CCN(NC(=O)C2CNc3cc(Cl)ccc3O2)CC1.O=C(COc1ccc(Cl)c(F)c1)CC1CCN(NC(=O)[C@@H]2CNc3cc(Cl)ccc3O2)CC1.O=C(COc1ccc(Cl)c(F)c1)CC1CCN(NC(=O)[C@H]2CNc3cc(Cl)ccc3O2)CC1. The number of hydrazine groups is 3. The van der Waals surface area contributed by atoms with Crippen molar-refractivity contribution < 1.29 is 70.4 Å². The minimum atomic E-state index is -0.646. The number of rotatable bonds is 21. The van der Waals surface area contributed by atoms with Crippen LogP contribution in [0.1, 0.15) is 57.8 Å². The highest BCUT2D eigenvalue weighted by molar-refractivity contribution is 6.32. The van der Waals surface area contributed by atoms with Crippen LogP contribution in [0, 0.1) is 35.2 Å². The summed E-state index contributed by atoms with van der Waals surface area (Å²) in [6, 6.07) is 27.9. The van der Waals surface area contributed by atoms with Gasteiger partial charge >= 0.3 is 0 Å². The van der Waals surface area contributed by atoms with Crippen molar-refractivity contribution in [2.45, 2.75) is 76.1 Å². The number of anilines is 3. The fourth-order valence-corrected chi connectivity index (χ4v) is 12.5. The predicted molar refractivity (Wildman–Crippen MR) is 370 cm³/mol. The summed E-state index contributed by atoms with van der Waals surface area (Å²) in [4.78, 5) is 74.6. The summed E-state index contributed by atoms with van der Waals surface area (Å²) in [6.45, 7) is 4.53. The van der Waals surface area contributed by atoms with E-state index in [-0.39, 0.29) is 105 Å². The van der Waals surface area contributed by atoms with Gasteiger partial charge in [0.25, 0.3) is 17.7 Å². The van der Waals surface area contributed by atoms with Crippen molar-refractivity contribution in [2.24, 2.45) is 17.8 Å². The standard InChI is InChI=1S/3C23H24Cl2FN3O4/c3*24-15-1-4-21-20(10-15)27-12-22(33-21)23(31)28-29-7-5-14(6-8-29)9-16(30)13-32-17-2-3-18(25)19(26)11-17/h3*1-4,10-11,14,22,27H,5-9,12-13H2,(H,28,31)/t2*22-;/m10./s1. The van der Waals surface area contributed by atoms with E-state index in [9.17, 15) is 41.9 Å². The van der Waals surface area contributed by atoms with Crippen LogP contribution < -0.4 is 60.6 Å². The number of Topliss-reactive ketones (excluding diaryl/α,β-unsaturated/α-hetero) is 3. The molecule has 12 rings (SSSR count). The second kappa shape index (κ2) is 35.6. The number of benzene rings is 6. The van der Waals surface area contributed by atoms with Crippen molar-refractivity contribution in [2.75, 3.05) is 94.7 Å². The van der Waals surface area contributed by atoms with Crippen molar-refractivity contribution >= 4 is 122 Å². The number of piperidine rings is 3. The van der Waals surface area contributed by atoms with Crippen LogP contribution in [0.4, 0.5) is 30.2 Å². The fourth-order valence-electron chi connectivity index (χ4n) is 11.6. The predicted octanol–water partition coefficient (Wildman–Crippen LogP) is 12.3. The first-order valence-corrected chi connectivity index (χ1v) is 34.4. The maximum absolute atomic E-state index is 13.5. The largest absolute Gasteiger partial charge is 0.486 e. The van der Waals surface area contributed by atoms with Gasteiger partial charge in [0.2, 0.25) is 0 Å². The summed E-state index contributed by atoms with van der Waals surface area (Å²) in [6.07, 6.45) is 3.83. The molecule has 1 unspecified atom stereocenters. The summed E-state index contributed by atoms with van der Waals surface area (Å²) in [7, 11) is 0. The van der Waals surface area contributed by atoms with E-state index in [2.05, 4.69) is 32.2 Å². The fraction of sp³-hybridized carbons (Fsp3) is 0.391. The van der Waals surface area contributed by atoms with Crippen molar-refractivity contribution in [3.05, 3.63) is 157 Å². The molecule has 6 aromatic carbocycles. The number of amides is 3. The zero-order valence-corrected chi connectivity index (χ0v) is 57.9. The molecule has 3 amide bonds. The number of nitrogens with zero attached hydrogens (tertiary/aromatic N) is 3. The van der Waals surface area contributed by atoms with Crippen molar-refractivity contribution in [3.63, 3.8) is 0 Å². The molecule has 3 saturated heterocycles. The summed E-state index contributed by atoms with van der Waals surface area (Å²) in [5.41, 5.74) is 11.0. The highest BCUT2D eigenvalue weighted by Gasteiger charge is 2.33. The minimum absolute atomic E-state index is 0.00793. The van der Waals surface area contributed by atoms with E-state index < -0.39 is 35.8 Å². The number of halogens is 9. The zero-order valence-electron chi connectivity index (χ0n) is 53.3. The third kappa shape index (κ3) is 22.2. The lowest BCUT2D eigenvalue weighted by Gasteiger charge is -2.34. The smallest absolute Gasteiger partial charge is 0.277 e. The molecule has 30 heteroatoms. The molecule has 0 bridgehead atoms. The normalized spacial score (nSPS) is 18.6. The topological polar surface area (TPSA) is 240 Å². The molecule has 0 spiro atoms. The van der Waals surface area contributed by atoms with Gasteiger partial charge in [0.1, 0.15) is 71.8 Å². The van der Waals surface area contributed by atoms with Crippen LogP contribution in [0.2, 0.25) is 30.1 Å². The monoisotopic (exact) mass is 1490 g/mol. The lowest BCUT2D eigenvalue weighted by molar-refractivity contribution is -0.134. The average molecular weight is 1490 g/mol. The molecule has 528 valence electrons. The number of carbonyl (C=O) groups is 6. The van der Waals surface area contributed by atoms with Gasteiger partial charge < -0.3 is 44.4 Å². The molecule has 3 atom stereocenters. The number of hydrogen-bond donors (Lipinski definition) is 6. The van der Waals surface area contributed by atoms with E-state index in [1.807, 2.05) is 15.0 Å². The summed E-state index contributed by atoms with van der Waals surface area (Å²) in [5.74, 6) is 0.649. The Morgan fingerprint density at radius 1 is 0.394 bits per heavy atom. The number of nitrogens with one attached hydrogen (secondary N) is 6. The van der Waals surface area contributed by atoms with Crippen LogP contribution in [-0.4, -0.2) is 147 Å². The van der Waals surface area contributed by atoms with Gasteiger partial charge in [-0.2, -0.15) is 0 Å². The lowest BCUT2D eigenvalue weighted by Crippen LogP contribution is -2.53. The van der Waals surface area contributed by atoms with E-state index >= 15 is 0 Å². The Balaban J connectivity index is 0.000000161. The Morgan fingerprint density at radius 3 is 0.909 bits per heavy atom. The first-order chi connectivity index (χ1) is 47.6. The molecule has 0 saturated carbocycles. The first kappa shape index (κ1) is 74.1. The minimum Gasteiger partial charge on any atom is -0.486 e. The van der Waals surface area contributed by atoms with Gasteiger partial charge in [-0.25, -0.2) is 28.2 Å². The maximum atomic E-state index is 13.5. The Hall–Kier alpha value is -7.65. The van der Waals surface area contributed by atoms with Crippen molar-refractivity contribution in [3.8, 4) is 34.5 Å². The first-order valence-electron chi connectivity index (χ1n) is 32.2. The molecule has 6 N–H and O–H groups in total. The molecular formula is C69H72Cl6F3N9O12. The number of ketones is 3. The van der Waals surface area contributed by atoms with E-state index in [0.717, 1.165) is 73.8 Å². The van der Waals surface area contributed by atoms with Crippen molar-refractivity contribution in [1.29, 1.82) is 0 Å². The van der Waals surface area contributed by atoms with Crippen LogP contribution >= 0.6 is 69.6 Å². The summed E-state index contributed by atoms with van der Waals surface area (Å²) in [5, 5.41) is 16.9. The highest BCUT2D eigenvalue weighted by atomic mass is 35.5. The van der Waals surface area contributed by atoms with Crippen LogP contribution in [-0.2, 0) is 28.8 Å². The molecule has 6 aromatic rings.